The molecule has 0 aliphatic carbocycles. The summed E-state index contributed by atoms with van der Waals surface area (Å²) in [5.41, 5.74) is 6.48. The highest BCUT2D eigenvalue weighted by Gasteiger charge is 2.25. The zero-order chi connectivity index (χ0) is 23.5. The zero-order valence-corrected chi connectivity index (χ0v) is 19.9. The van der Waals surface area contributed by atoms with Gasteiger partial charge in [-0.2, -0.15) is 11.8 Å². The van der Waals surface area contributed by atoms with Crippen LogP contribution in [0, 0.1) is 0 Å². The van der Waals surface area contributed by atoms with Crippen molar-refractivity contribution < 1.29 is 9.59 Å². The number of thioether (sulfide) groups is 1. The van der Waals surface area contributed by atoms with Gasteiger partial charge in [0.05, 0.1) is 6.04 Å². The minimum Gasteiger partial charge on any atom is -0.368 e. The van der Waals surface area contributed by atoms with Gasteiger partial charge < -0.3 is 11.1 Å². The summed E-state index contributed by atoms with van der Waals surface area (Å²) in [5, 5.41) is 10.1. The van der Waals surface area contributed by atoms with Crippen LogP contribution in [-0.2, 0) is 9.59 Å². The largest absolute Gasteiger partial charge is 0.368 e. The number of nitrogens with two attached hydrogens (primary N) is 1. The lowest BCUT2D eigenvalue weighted by atomic mass is 9.96. The Balaban J connectivity index is 1.31. The van der Waals surface area contributed by atoms with Gasteiger partial charge in [0.1, 0.15) is 0 Å². The SMILES string of the molecule is NC(=O)C(CCCC(=O)Nc1cccc2c1ccc1c3ccccc3ccc21)N1CCSCC1. The van der Waals surface area contributed by atoms with Crippen molar-refractivity contribution in [2.75, 3.05) is 29.9 Å². The smallest absolute Gasteiger partial charge is 0.234 e. The number of nitrogens with zero attached hydrogens (tertiary/aromatic N) is 1. The molecule has 1 saturated heterocycles. The van der Waals surface area contributed by atoms with Crippen LogP contribution in [0.2, 0.25) is 0 Å². The number of rotatable bonds is 7. The van der Waals surface area contributed by atoms with Gasteiger partial charge in [0.15, 0.2) is 0 Å². The van der Waals surface area contributed by atoms with E-state index in [0.29, 0.717) is 19.3 Å². The maximum absolute atomic E-state index is 12.8. The highest BCUT2D eigenvalue weighted by atomic mass is 32.2. The second-order valence-electron chi connectivity index (χ2n) is 8.85. The number of fused-ring (bicyclic) bond motifs is 5. The van der Waals surface area contributed by atoms with Crippen LogP contribution in [0.5, 0.6) is 0 Å². The second-order valence-corrected chi connectivity index (χ2v) is 10.1. The molecule has 5 nitrogen and oxygen atoms in total. The Bertz CT molecular complexity index is 1360. The molecule has 4 aromatic carbocycles. The average molecular weight is 472 g/mol. The van der Waals surface area contributed by atoms with Gasteiger partial charge in [-0.25, -0.2) is 0 Å². The Morgan fingerprint density at radius 1 is 0.853 bits per heavy atom. The maximum atomic E-state index is 12.8. The molecule has 0 radical (unpaired) electrons. The first-order valence-electron chi connectivity index (χ1n) is 11.9. The van der Waals surface area contributed by atoms with Crippen LogP contribution in [0.25, 0.3) is 32.3 Å². The molecule has 0 aromatic heterocycles. The first-order valence-corrected chi connectivity index (χ1v) is 13.0. The minimum atomic E-state index is -0.291. The van der Waals surface area contributed by atoms with Gasteiger partial charge in [-0.3, -0.25) is 14.5 Å². The summed E-state index contributed by atoms with van der Waals surface area (Å²) in [7, 11) is 0. The molecule has 1 fully saturated rings. The first kappa shape index (κ1) is 22.7. The number of anilines is 1. The molecule has 5 rings (SSSR count). The highest BCUT2D eigenvalue weighted by molar-refractivity contribution is 7.99. The van der Waals surface area contributed by atoms with Crippen molar-refractivity contribution in [1.82, 2.24) is 4.90 Å². The Morgan fingerprint density at radius 3 is 2.35 bits per heavy atom. The number of carbonyl (C=O) groups excluding carboxylic acids is 2. The molecule has 0 bridgehead atoms. The van der Waals surface area contributed by atoms with Gasteiger partial charge in [0, 0.05) is 42.1 Å². The predicted octanol–water partition coefficient (Wildman–Crippen LogP) is 5.16. The molecule has 1 atom stereocenters. The predicted molar refractivity (Wildman–Crippen MR) is 143 cm³/mol. The second kappa shape index (κ2) is 10.0. The van der Waals surface area contributed by atoms with Crippen molar-refractivity contribution in [2.24, 2.45) is 5.73 Å². The van der Waals surface area contributed by atoms with Crippen LogP contribution < -0.4 is 11.1 Å². The van der Waals surface area contributed by atoms with Crippen molar-refractivity contribution in [1.29, 1.82) is 0 Å². The Kier molecular flexibility index (Phi) is 6.70. The lowest BCUT2D eigenvalue weighted by Gasteiger charge is -2.32. The van der Waals surface area contributed by atoms with E-state index in [9.17, 15) is 9.59 Å². The van der Waals surface area contributed by atoms with Gasteiger partial charge in [0.2, 0.25) is 11.8 Å². The fraction of sp³-hybridized carbons (Fsp3) is 0.286. The van der Waals surface area contributed by atoms with Crippen molar-refractivity contribution in [3.63, 3.8) is 0 Å². The Hall–Kier alpha value is -3.09. The van der Waals surface area contributed by atoms with Crippen molar-refractivity contribution in [2.45, 2.75) is 25.3 Å². The highest BCUT2D eigenvalue weighted by Crippen LogP contribution is 2.34. The van der Waals surface area contributed by atoms with E-state index in [-0.39, 0.29) is 17.9 Å². The number of amides is 2. The summed E-state index contributed by atoms with van der Waals surface area (Å²) in [6.07, 6.45) is 1.60. The number of primary amides is 1. The number of hydrogen-bond acceptors (Lipinski definition) is 4. The average Bonchev–Trinajstić information content (AvgIpc) is 2.86. The Labute approximate surface area is 203 Å². The summed E-state index contributed by atoms with van der Waals surface area (Å²) in [5.74, 6) is 1.72. The van der Waals surface area contributed by atoms with E-state index in [4.69, 9.17) is 5.73 Å². The molecular formula is C28H29N3O2S. The standard InChI is InChI=1S/C28H29N3O2S/c29-28(33)26(31-15-17-34-18-16-31)9-4-10-27(32)30-25-8-3-7-21-23-12-11-19-5-1-2-6-20(19)22(23)13-14-24(21)25/h1-3,5-8,11-14,26H,4,9-10,15-18H2,(H2,29,33)(H,30,32). The van der Waals surface area contributed by atoms with Gasteiger partial charge in [-0.05, 0) is 45.8 Å². The van der Waals surface area contributed by atoms with E-state index in [1.165, 1.54) is 21.5 Å². The van der Waals surface area contributed by atoms with Gasteiger partial charge >= 0.3 is 0 Å². The first-order chi connectivity index (χ1) is 16.6. The van der Waals surface area contributed by atoms with Crippen molar-refractivity contribution in [3.8, 4) is 0 Å². The van der Waals surface area contributed by atoms with Crippen LogP contribution in [0.15, 0.2) is 66.7 Å². The molecule has 4 aromatic rings. The molecule has 0 spiro atoms. The van der Waals surface area contributed by atoms with E-state index in [2.05, 4.69) is 64.8 Å². The molecule has 1 unspecified atom stereocenters. The molecule has 34 heavy (non-hydrogen) atoms. The third kappa shape index (κ3) is 4.61. The van der Waals surface area contributed by atoms with E-state index in [1.807, 2.05) is 23.9 Å². The van der Waals surface area contributed by atoms with Crippen molar-refractivity contribution in [3.05, 3.63) is 66.7 Å². The summed E-state index contributed by atoms with van der Waals surface area (Å²) < 4.78 is 0. The third-order valence-corrected chi connectivity index (χ3v) is 7.70. The van der Waals surface area contributed by atoms with Crippen LogP contribution in [0.4, 0.5) is 5.69 Å². The molecule has 2 amide bonds. The summed E-state index contributed by atoms with van der Waals surface area (Å²) >= 11 is 1.90. The fourth-order valence-electron chi connectivity index (χ4n) is 5.03. The molecule has 3 N–H and O–H groups in total. The monoisotopic (exact) mass is 471 g/mol. The third-order valence-electron chi connectivity index (χ3n) is 6.75. The van der Waals surface area contributed by atoms with Gasteiger partial charge in [-0.15, -0.1) is 0 Å². The summed E-state index contributed by atoms with van der Waals surface area (Å²) in [4.78, 5) is 26.9. The van der Waals surface area contributed by atoms with Gasteiger partial charge in [-0.1, -0.05) is 60.7 Å². The van der Waals surface area contributed by atoms with Crippen molar-refractivity contribution >= 4 is 61.6 Å². The minimum absolute atomic E-state index is 0.0384. The van der Waals surface area contributed by atoms with E-state index in [0.717, 1.165) is 41.1 Å². The van der Waals surface area contributed by atoms with Crippen LogP contribution in [0.3, 0.4) is 0 Å². The Morgan fingerprint density at radius 2 is 1.53 bits per heavy atom. The molecule has 1 heterocycles. The summed E-state index contributed by atoms with van der Waals surface area (Å²) in [6.45, 7) is 1.76. The van der Waals surface area contributed by atoms with Crippen LogP contribution in [-0.4, -0.2) is 47.4 Å². The van der Waals surface area contributed by atoms with Gasteiger partial charge in [0.25, 0.3) is 0 Å². The zero-order valence-electron chi connectivity index (χ0n) is 19.1. The number of nitrogens with one attached hydrogen (secondary N) is 1. The van der Waals surface area contributed by atoms with E-state index in [1.54, 1.807) is 0 Å². The van der Waals surface area contributed by atoms with E-state index < -0.39 is 0 Å². The molecular weight excluding hydrogens is 442 g/mol. The molecule has 6 heteroatoms. The quantitative estimate of drug-likeness (QED) is 0.365. The lowest BCUT2D eigenvalue weighted by molar-refractivity contribution is -0.124. The molecule has 0 saturated carbocycles. The van der Waals surface area contributed by atoms with E-state index >= 15 is 0 Å². The summed E-state index contributed by atoms with van der Waals surface area (Å²) in [6, 6.07) is 22.7. The maximum Gasteiger partial charge on any atom is 0.234 e. The normalized spacial score (nSPS) is 15.5. The molecule has 1 aliphatic rings. The lowest BCUT2D eigenvalue weighted by Crippen LogP contribution is -2.48. The van der Waals surface area contributed by atoms with Crippen LogP contribution >= 0.6 is 11.8 Å². The molecule has 174 valence electrons. The number of benzene rings is 4. The topological polar surface area (TPSA) is 75.4 Å². The molecule has 1 aliphatic heterocycles. The van der Waals surface area contributed by atoms with Crippen LogP contribution in [0.1, 0.15) is 19.3 Å². The number of hydrogen-bond donors (Lipinski definition) is 2. The fourth-order valence-corrected chi connectivity index (χ4v) is 5.96. The number of carbonyl (C=O) groups is 2.